The third kappa shape index (κ3) is 3.53. The highest BCUT2D eigenvalue weighted by molar-refractivity contribution is 5.99. The molecule has 0 aliphatic carbocycles. The van der Waals surface area contributed by atoms with Gasteiger partial charge in [-0.05, 0) is 43.5 Å². The third-order valence-corrected chi connectivity index (χ3v) is 5.22. The van der Waals surface area contributed by atoms with E-state index in [4.69, 9.17) is 5.21 Å². The summed E-state index contributed by atoms with van der Waals surface area (Å²) in [5.41, 5.74) is 3.21. The Bertz CT molecular complexity index is 942. The fourth-order valence-corrected chi connectivity index (χ4v) is 3.25. The maximum Gasteiger partial charge on any atom is 0.256 e. The van der Waals surface area contributed by atoms with Gasteiger partial charge in [0.2, 0.25) is 0 Å². The van der Waals surface area contributed by atoms with Crippen molar-refractivity contribution in [2.24, 2.45) is 5.41 Å². The predicted octanol–water partition coefficient (Wildman–Crippen LogP) is 2.86. The highest BCUT2D eigenvalue weighted by Crippen LogP contribution is 2.32. The molecule has 0 fully saturated rings. The molecule has 2 aromatic rings. The van der Waals surface area contributed by atoms with Crippen LogP contribution < -0.4 is 5.48 Å². The summed E-state index contributed by atoms with van der Waals surface area (Å²) in [4.78, 5) is 37.0. The molecule has 0 unspecified atom stereocenters. The van der Waals surface area contributed by atoms with Gasteiger partial charge in [0.05, 0.1) is 0 Å². The summed E-state index contributed by atoms with van der Waals surface area (Å²) in [5.74, 6) is -1.66. The summed E-state index contributed by atoms with van der Waals surface area (Å²) >= 11 is 0. The number of carbonyl (C=O) groups excluding carboxylic acids is 3. The van der Waals surface area contributed by atoms with Crippen molar-refractivity contribution in [3.63, 3.8) is 0 Å². The second-order valence-electron chi connectivity index (χ2n) is 7.31. The van der Waals surface area contributed by atoms with Gasteiger partial charge in [0, 0.05) is 24.2 Å². The van der Waals surface area contributed by atoms with E-state index in [1.807, 2.05) is 31.2 Å². The molecule has 0 saturated carbocycles. The number of hydrogen-bond donors (Lipinski definition) is 2. The number of carbonyl (C=O) groups is 3. The molecule has 0 bridgehead atoms. The number of benzene rings is 2. The monoisotopic (exact) mass is 384 g/mol. The molecule has 1 aliphatic heterocycles. The second kappa shape index (κ2) is 7.52. The number of aryl methyl sites for hydroxylation is 1. The first-order chi connectivity index (χ1) is 13.3. The number of aldehydes is 1. The van der Waals surface area contributed by atoms with Crippen LogP contribution in [0.1, 0.15) is 34.8 Å². The lowest BCUT2D eigenvalue weighted by Crippen LogP contribution is -2.41. The second-order valence-corrected chi connectivity index (χ2v) is 7.31. The topological polar surface area (TPSA) is 86.7 Å². The molecular weight excluding hydrogens is 363 g/mol. The molecular formula is C21H21FN2O4. The maximum absolute atomic E-state index is 14.6. The summed E-state index contributed by atoms with van der Waals surface area (Å²) < 4.78 is 14.6. The van der Waals surface area contributed by atoms with Gasteiger partial charge in [0.15, 0.2) is 0 Å². The first kappa shape index (κ1) is 19.7. The predicted molar refractivity (Wildman–Crippen MR) is 100 cm³/mol. The summed E-state index contributed by atoms with van der Waals surface area (Å²) in [5, 5.41) is 8.79. The van der Waals surface area contributed by atoms with Crippen LogP contribution in [0.5, 0.6) is 0 Å². The van der Waals surface area contributed by atoms with Gasteiger partial charge in [0.1, 0.15) is 17.5 Å². The van der Waals surface area contributed by atoms with Gasteiger partial charge in [-0.15, -0.1) is 0 Å². The number of amides is 2. The lowest BCUT2D eigenvalue weighted by atomic mass is 9.87. The summed E-state index contributed by atoms with van der Waals surface area (Å²) in [6, 6.07) is 10.4. The molecule has 6 nitrogen and oxygen atoms in total. The minimum Gasteiger partial charge on any atom is -0.334 e. The number of nitrogens with zero attached hydrogens (tertiary/aromatic N) is 1. The van der Waals surface area contributed by atoms with Crippen LogP contribution in [0.2, 0.25) is 0 Å². The third-order valence-electron chi connectivity index (χ3n) is 5.22. The highest BCUT2D eigenvalue weighted by Gasteiger charge is 2.36. The Morgan fingerprint density at radius 3 is 2.57 bits per heavy atom. The lowest BCUT2D eigenvalue weighted by molar-refractivity contribution is -0.143. The van der Waals surface area contributed by atoms with E-state index in [9.17, 15) is 18.8 Å². The molecule has 28 heavy (non-hydrogen) atoms. The molecule has 2 N–H and O–H groups in total. The number of hydrogen-bond acceptors (Lipinski definition) is 4. The van der Waals surface area contributed by atoms with E-state index in [1.165, 1.54) is 23.4 Å². The van der Waals surface area contributed by atoms with Crippen molar-refractivity contribution in [2.75, 3.05) is 6.54 Å². The number of rotatable bonds is 6. The van der Waals surface area contributed by atoms with E-state index in [0.29, 0.717) is 17.4 Å². The smallest absolute Gasteiger partial charge is 0.256 e. The van der Waals surface area contributed by atoms with Crippen LogP contribution in [0.15, 0.2) is 36.4 Å². The van der Waals surface area contributed by atoms with Crippen molar-refractivity contribution in [3.8, 4) is 11.1 Å². The van der Waals surface area contributed by atoms with Crippen molar-refractivity contribution in [1.82, 2.24) is 10.4 Å². The highest BCUT2D eigenvalue weighted by atomic mass is 19.1. The Labute approximate surface area is 161 Å². The molecule has 0 aromatic heterocycles. The minimum atomic E-state index is -1.46. The number of halogens is 1. The molecule has 0 spiro atoms. The first-order valence-electron chi connectivity index (χ1n) is 8.88. The fourth-order valence-electron chi connectivity index (χ4n) is 3.25. The van der Waals surface area contributed by atoms with E-state index in [-0.39, 0.29) is 31.0 Å². The number of hydroxylamine groups is 1. The Morgan fingerprint density at radius 1 is 1.29 bits per heavy atom. The minimum absolute atomic E-state index is 0.0376. The SMILES string of the molecule is Cc1ccc(-c2cc3c(cc2F)C(=O)N(CC[C@@](C)(C=O)C(=O)NO)C3)cc1. The van der Waals surface area contributed by atoms with Crippen LogP contribution >= 0.6 is 0 Å². The van der Waals surface area contributed by atoms with Crippen molar-refractivity contribution >= 4 is 18.1 Å². The van der Waals surface area contributed by atoms with Crippen molar-refractivity contribution in [3.05, 3.63) is 58.9 Å². The zero-order valence-electron chi connectivity index (χ0n) is 15.7. The summed E-state index contributed by atoms with van der Waals surface area (Å²) in [6.07, 6.45) is 0.483. The van der Waals surface area contributed by atoms with E-state index in [0.717, 1.165) is 11.1 Å². The van der Waals surface area contributed by atoms with Crippen LogP contribution in [0.4, 0.5) is 4.39 Å². The quantitative estimate of drug-likeness (QED) is 0.347. The van der Waals surface area contributed by atoms with Gasteiger partial charge >= 0.3 is 0 Å². The molecule has 7 heteroatoms. The van der Waals surface area contributed by atoms with Crippen molar-refractivity contribution in [2.45, 2.75) is 26.8 Å². The average Bonchev–Trinajstić information content (AvgIpc) is 3.00. The van der Waals surface area contributed by atoms with E-state index >= 15 is 0 Å². The number of fused-ring (bicyclic) bond motifs is 1. The van der Waals surface area contributed by atoms with Crippen molar-refractivity contribution < 1.29 is 24.0 Å². The van der Waals surface area contributed by atoms with Gasteiger partial charge in [-0.25, -0.2) is 9.87 Å². The molecule has 0 radical (unpaired) electrons. The van der Waals surface area contributed by atoms with Gasteiger partial charge in [-0.2, -0.15) is 0 Å². The Balaban J connectivity index is 1.82. The molecule has 2 amide bonds. The standard InChI is InChI=1S/C21H21FN2O4/c1-13-3-5-14(6-4-13)16-9-15-11-24(19(26)17(15)10-18(16)22)8-7-21(2,12-25)20(27)23-28/h3-6,9-10,12,28H,7-8,11H2,1-2H3,(H,23,27)/t21-/m0/s1. The average molecular weight is 384 g/mol. The molecule has 3 rings (SSSR count). The fraction of sp³-hybridized carbons (Fsp3) is 0.286. The normalized spacial score (nSPS) is 15.1. The molecule has 1 atom stereocenters. The summed E-state index contributed by atoms with van der Waals surface area (Å²) in [7, 11) is 0. The van der Waals surface area contributed by atoms with Gasteiger partial charge in [-0.3, -0.25) is 14.8 Å². The van der Waals surface area contributed by atoms with Crippen LogP contribution in [0, 0.1) is 18.2 Å². The molecule has 0 saturated heterocycles. The van der Waals surface area contributed by atoms with E-state index in [2.05, 4.69) is 0 Å². The van der Waals surface area contributed by atoms with Gasteiger partial charge in [-0.1, -0.05) is 29.8 Å². The van der Waals surface area contributed by atoms with Crippen LogP contribution in [0.25, 0.3) is 11.1 Å². The maximum atomic E-state index is 14.6. The Kier molecular flexibility index (Phi) is 5.29. The van der Waals surface area contributed by atoms with E-state index < -0.39 is 17.1 Å². The zero-order valence-corrected chi connectivity index (χ0v) is 15.7. The Morgan fingerprint density at radius 2 is 1.96 bits per heavy atom. The molecule has 146 valence electrons. The Hall–Kier alpha value is -3.06. The van der Waals surface area contributed by atoms with Gasteiger partial charge < -0.3 is 9.69 Å². The largest absolute Gasteiger partial charge is 0.334 e. The molecule has 1 aliphatic rings. The van der Waals surface area contributed by atoms with Crippen LogP contribution in [-0.4, -0.2) is 34.8 Å². The van der Waals surface area contributed by atoms with Crippen LogP contribution in [0.3, 0.4) is 0 Å². The van der Waals surface area contributed by atoms with Crippen molar-refractivity contribution in [1.29, 1.82) is 0 Å². The first-order valence-corrected chi connectivity index (χ1v) is 8.88. The zero-order chi connectivity index (χ0) is 20.5. The van der Waals surface area contributed by atoms with E-state index in [1.54, 1.807) is 6.07 Å². The van der Waals surface area contributed by atoms with Crippen LogP contribution in [-0.2, 0) is 16.1 Å². The number of nitrogens with one attached hydrogen (secondary N) is 1. The molecule has 2 aromatic carbocycles. The lowest BCUT2D eigenvalue weighted by Gasteiger charge is -2.24. The summed E-state index contributed by atoms with van der Waals surface area (Å²) in [6.45, 7) is 3.72. The van der Waals surface area contributed by atoms with Gasteiger partial charge in [0.25, 0.3) is 11.8 Å². The molecule has 1 heterocycles.